The Morgan fingerprint density at radius 2 is 1.89 bits per heavy atom. The number of hydrogen-bond acceptors (Lipinski definition) is 4. The number of phenolic OH excluding ortho intramolecular Hbond substituents is 1. The molecule has 0 fully saturated rings. The molecule has 142 valence electrons. The molecule has 1 heterocycles. The third-order valence-corrected chi connectivity index (χ3v) is 4.33. The van der Waals surface area contributed by atoms with Gasteiger partial charge in [0.05, 0.1) is 12.6 Å². The summed E-state index contributed by atoms with van der Waals surface area (Å²) in [4.78, 5) is 16.3. The summed E-state index contributed by atoms with van der Waals surface area (Å²) >= 11 is 0. The van der Waals surface area contributed by atoms with Gasteiger partial charge in [-0.1, -0.05) is 18.2 Å². The molecule has 0 aromatic heterocycles. The van der Waals surface area contributed by atoms with Crippen LogP contribution in [0, 0.1) is 0 Å². The molecule has 0 aliphatic carbocycles. The highest BCUT2D eigenvalue weighted by Gasteiger charge is 2.21. The number of nitrogens with one attached hydrogen (secondary N) is 3. The average molecular weight is 368 g/mol. The number of ether oxygens (including phenoxy) is 1. The number of phenols is 1. The van der Waals surface area contributed by atoms with E-state index in [2.05, 4.69) is 27.0 Å². The number of carbonyl (C=O) groups is 1. The maximum Gasteiger partial charge on any atom is 0.251 e. The SMILES string of the molecule is CN=C(NCCNC(=O)c1ccc(O)cc1)NC1CCOc2ccccc21. The normalized spacial score (nSPS) is 16.0. The van der Waals surface area contributed by atoms with Crippen molar-refractivity contribution >= 4 is 11.9 Å². The zero-order chi connectivity index (χ0) is 19.1. The first kappa shape index (κ1) is 18.6. The zero-order valence-electron chi connectivity index (χ0n) is 15.2. The molecule has 0 spiro atoms. The molecule has 3 rings (SSSR count). The molecule has 1 atom stereocenters. The van der Waals surface area contributed by atoms with Crippen molar-refractivity contribution in [3.8, 4) is 11.5 Å². The quantitative estimate of drug-likeness (QED) is 0.367. The van der Waals surface area contributed by atoms with Gasteiger partial charge >= 0.3 is 0 Å². The molecule has 7 heteroatoms. The van der Waals surface area contributed by atoms with E-state index in [-0.39, 0.29) is 17.7 Å². The van der Waals surface area contributed by atoms with E-state index in [4.69, 9.17) is 4.74 Å². The van der Waals surface area contributed by atoms with Gasteiger partial charge in [-0.2, -0.15) is 0 Å². The molecule has 7 nitrogen and oxygen atoms in total. The summed E-state index contributed by atoms with van der Waals surface area (Å²) in [6.45, 7) is 1.65. The number of guanidine groups is 1. The topological polar surface area (TPSA) is 95.0 Å². The fourth-order valence-electron chi connectivity index (χ4n) is 2.92. The van der Waals surface area contributed by atoms with E-state index in [0.29, 0.717) is 31.2 Å². The highest BCUT2D eigenvalue weighted by molar-refractivity contribution is 5.94. The van der Waals surface area contributed by atoms with Crippen LogP contribution < -0.4 is 20.7 Å². The third-order valence-electron chi connectivity index (χ3n) is 4.33. The van der Waals surface area contributed by atoms with Crippen LogP contribution in [-0.4, -0.2) is 43.7 Å². The molecular formula is C20H24N4O3. The number of nitrogens with zero attached hydrogens (tertiary/aromatic N) is 1. The molecule has 1 amide bonds. The number of aliphatic imine (C=N–C) groups is 1. The second kappa shape index (κ2) is 8.93. The average Bonchev–Trinajstić information content (AvgIpc) is 2.70. The van der Waals surface area contributed by atoms with Gasteiger partial charge in [0.25, 0.3) is 5.91 Å². The maximum absolute atomic E-state index is 12.0. The van der Waals surface area contributed by atoms with E-state index in [1.54, 1.807) is 19.2 Å². The summed E-state index contributed by atoms with van der Waals surface area (Å²) in [7, 11) is 1.72. The first-order chi connectivity index (χ1) is 13.2. The summed E-state index contributed by atoms with van der Waals surface area (Å²) in [5.74, 6) is 1.53. The summed E-state index contributed by atoms with van der Waals surface area (Å²) in [5.41, 5.74) is 1.63. The van der Waals surface area contributed by atoms with Crippen LogP contribution in [0.3, 0.4) is 0 Å². The first-order valence-corrected chi connectivity index (χ1v) is 8.93. The molecule has 0 saturated carbocycles. The Bertz CT molecular complexity index is 805. The lowest BCUT2D eigenvalue weighted by molar-refractivity contribution is 0.0954. The van der Waals surface area contributed by atoms with Gasteiger partial charge in [0.1, 0.15) is 11.5 Å². The molecular weight excluding hydrogens is 344 g/mol. The monoisotopic (exact) mass is 368 g/mol. The predicted octanol–water partition coefficient (Wildman–Crippen LogP) is 1.81. The minimum absolute atomic E-state index is 0.132. The molecule has 27 heavy (non-hydrogen) atoms. The van der Waals surface area contributed by atoms with Crippen molar-refractivity contribution in [2.75, 3.05) is 26.7 Å². The highest BCUT2D eigenvalue weighted by atomic mass is 16.5. The van der Waals surface area contributed by atoms with E-state index < -0.39 is 0 Å². The van der Waals surface area contributed by atoms with Gasteiger partial charge in [-0.25, -0.2) is 0 Å². The zero-order valence-corrected chi connectivity index (χ0v) is 15.2. The molecule has 0 saturated heterocycles. The van der Waals surface area contributed by atoms with Crippen LogP contribution in [-0.2, 0) is 0 Å². The highest BCUT2D eigenvalue weighted by Crippen LogP contribution is 2.31. The molecule has 2 aromatic rings. The van der Waals surface area contributed by atoms with Crippen molar-refractivity contribution in [2.45, 2.75) is 12.5 Å². The predicted molar refractivity (Wildman–Crippen MR) is 104 cm³/mol. The molecule has 1 unspecified atom stereocenters. The van der Waals surface area contributed by atoms with Gasteiger partial charge in [-0.15, -0.1) is 0 Å². The van der Waals surface area contributed by atoms with Crippen LogP contribution in [0.2, 0.25) is 0 Å². The van der Waals surface area contributed by atoms with Gasteiger partial charge in [0, 0.05) is 37.7 Å². The summed E-state index contributed by atoms with van der Waals surface area (Å²) < 4.78 is 5.68. The standard InChI is InChI=1S/C20H24N4O3/c1-21-20(24-17-10-13-27-18-5-3-2-4-16(17)18)23-12-11-22-19(26)14-6-8-15(25)9-7-14/h2-9,17,25H,10-13H2,1H3,(H,22,26)(H2,21,23,24). The molecule has 0 bridgehead atoms. The third kappa shape index (κ3) is 4.91. The number of benzene rings is 2. The van der Waals surface area contributed by atoms with Crippen molar-refractivity contribution in [1.29, 1.82) is 0 Å². The van der Waals surface area contributed by atoms with Crippen LogP contribution in [0.15, 0.2) is 53.5 Å². The summed E-state index contributed by atoms with van der Waals surface area (Å²) in [5, 5.41) is 18.7. The van der Waals surface area contributed by atoms with E-state index in [0.717, 1.165) is 17.7 Å². The number of amides is 1. The Labute approximate surface area is 158 Å². The number of para-hydroxylation sites is 1. The van der Waals surface area contributed by atoms with Crippen LogP contribution in [0.4, 0.5) is 0 Å². The van der Waals surface area contributed by atoms with E-state index in [9.17, 15) is 9.90 Å². The molecule has 1 aliphatic heterocycles. The number of carbonyl (C=O) groups excluding carboxylic acids is 1. The van der Waals surface area contributed by atoms with Crippen molar-refractivity contribution < 1.29 is 14.6 Å². The fraction of sp³-hybridized carbons (Fsp3) is 0.300. The lowest BCUT2D eigenvalue weighted by Gasteiger charge is -2.28. The molecule has 4 N–H and O–H groups in total. The lowest BCUT2D eigenvalue weighted by Crippen LogP contribution is -2.43. The van der Waals surface area contributed by atoms with Crippen LogP contribution >= 0.6 is 0 Å². The van der Waals surface area contributed by atoms with Gasteiger partial charge in [-0.05, 0) is 30.3 Å². The van der Waals surface area contributed by atoms with Gasteiger partial charge in [-0.3, -0.25) is 9.79 Å². The number of aromatic hydroxyl groups is 1. The van der Waals surface area contributed by atoms with Crippen molar-refractivity contribution in [2.24, 2.45) is 4.99 Å². The van der Waals surface area contributed by atoms with Gasteiger partial charge in [0.2, 0.25) is 0 Å². The van der Waals surface area contributed by atoms with Gasteiger partial charge in [0.15, 0.2) is 5.96 Å². The minimum atomic E-state index is -0.182. The Hall–Kier alpha value is -3.22. The Balaban J connectivity index is 1.46. The summed E-state index contributed by atoms with van der Waals surface area (Å²) in [6, 6.07) is 14.3. The molecule has 1 aliphatic rings. The fourth-order valence-corrected chi connectivity index (χ4v) is 2.92. The number of rotatable bonds is 5. The number of fused-ring (bicyclic) bond motifs is 1. The van der Waals surface area contributed by atoms with Crippen molar-refractivity contribution in [3.63, 3.8) is 0 Å². The Morgan fingerprint density at radius 3 is 2.67 bits per heavy atom. The largest absolute Gasteiger partial charge is 0.508 e. The second-order valence-corrected chi connectivity index (χ2v) is 6.17. The van der Waals surface area contributed by atoms with Gasteiger partial charge < -0.3 is 25.8 Å². The Kier molecular flexibility index (Phi) is 6.14. The maximum atomic E-state index is 12.0. The molecule has 0 radical (unpaired) electrons. The van der Waals surface area contributed by atoms with Crippen LogP contribution in [0.5, 0.6) is 11.5 Å². The number of hydrogen-bond donors (Lipinski definition) is 4. The van der Waals surface area contributed by atoms with Crippen molar-refractivity contribution in [3.05, 3.63) is 59.7 Å². The van der Waals surface area contributed by atoms with Crippen molar-refractivity contribution in [1.82, 2.24) is 16.0 Å². The lowest BCUT2D eigenvalue weighted by atomic mass is 10.0. The van der Waals surface area contributed by atoms with Crippen LogP contribution in [0.1, 0.15) is 28.4 Å². The minimum Gasteiger partial charge on any atom is -0.508 e. The first-order valence-electron chi connectivity index (χ1n) is 8.93. The van der Waals surface area contributed by atoms with E-state index in [1.807, 2.05) is 18.2 Å². The smallest absolute Gasteiger partial charge is 0.251 e. The molecule has 2 aromatic carbocycles. The second-order valence-electron chi connectivity index (χ2n) is 6.17. The van der Waals surface area contributed by atoms with E-state index >= 15 is 0 Å². The summed E-state index contributed by atoms with van der Waals surface area (Å²) in [6.07, 6.45) is 0.856. The van der Waals surface area contributed by atoms with E-state index in [1.165, 1.54) is 12.1 Å². The van der Waals surface area contributed by atoms with Crippen LogP contribution in [0.25, 0.3) is 0 Å². The Morgan fingerprint density at radius 1 is 1.15 bits per heavy atom.